The number of ketones is 1. The monoisotopic (exact) mass is 476 g/mol. The highest BCUT2D eigenvalue weighted by Crippen LogP contribution is 2.74. The fraction of sp³-hybridized carbons (Fsp3) is 0.893. The molecule has 34 heavy (non-hydrogen) atoms. The zero-order chi connectivity index (χ0) is 25.3. The topological polar surface area (TPSA) is 101 Å². The third kappa shape index (κ3) is 3.12. The molecule has 0 heterocycles. The number of ether oxygens (including phenoxy) is 1. The van der Waals surface area contributed by atoms with Crippen LogP contribution in [0, 0.1) is 44.8 Å². The number of carbonyl (C=O) groups is 3. The number of Topliss-reactive ketones (excluding diaryl/α,β-unsaturated/α-hetero) is 1. The molecule has 0 spiro atoms. The first kappa shape index (κ1) is 25.7. The van der Waals surface area contributed by atoms with Gasteiger partial charge in [-0.3, -0.25) is 14.4 Å². The molecule has 6 nitrogen and oxygen atoms in total. The second kappa shape index (κ2) is 8.04. The number of rotatable bonds is 4. The van der Waals surface area contributed by atoms with Crippen molar-refractivity contribution in [1.29, 1.82) is 0 Å². The van der Waals surface area contributed by atoms with Gasteiger partial charge in [-0.1, -0.05) is 34.6 Å². The summed E-state index contributed by atoms with van der Waals surface area (Å²) >= 11 is 0. The summed E-state index contributed by atoms with van der Waals surface area (Å²) in [6.07, 6.45) is 7.06. The van der Waals surface area contributed by atoms with Gasteiger partial charge in [-0.2, -0.15) is 0 Å². The van der Waals surface area contributed by atoms with Crippen LogP contribution in [-0.4, -0.2) is 40.6 Å². The zero-order valence-corrected chi connectivity index (χ0v) is 21.9. The number of carboxylic acids is 1. The van der Waals surface area contributed by atoms with E-state index in [1.165, 1.54) is 6.92 Å². The van der Waals surface area contributed by atoms with Crippen LogP contribution < -0.4 is 0 Å². The van der Waals surface area contributed by atoms with Crippen molar-refractivity contribution < 1.29 is 29.3 Å². The van der Waals surface area contributed by atoms with Gasteiger partial charge in [0.25, 0.3) is 0 Å². The van der Waals surface area contributed by atoms with E-state index < -0.39 is 17.4 Å². The lowest BCUT2D eigenvalue weighted by Crippen LogP contribution is -2.68. The molecular formula is C28H44O6. The summed E-state index contributed by atoms with van der Waals surface area (Å²) in [5, 5.41) is 21.1. The number of aliphatic carboxylic acids is 1. The van der Waals surface area contributed by atoms with E-state index >= 15 is 0 Å². The van der Waals surface area contributed by atoms with Crippen LogP contribution in [0.25, 0.3) is 0 Å². The standard InChI is InChI=1S/C28H44O6/c1-7-24(3)19-10-13-27(6)20(25(19,4)12-11-21(24)30)9-8-18-22(31)28(23(32)33,16-34-17(2)29)15-14-26(18,27)5/h18-21,30H,7-16H2,1-6H3,(H,32,33)/t18?,19?,20?,21?,24-,25?,26-,27?,28+/m1/s1. The van der Waals surface area contributed by atoms with E-state index in [9.17, 15) is 24.6 Å². The summed E-state index contributed by atoms with van der Waals surface area (Å²) in [7, 11) is 0. The summed E-state index contributed by atoms with van der Waals surface area (Å²) < 4.78 is 5.13. The molecule has 0 amide bonds. The quantitative estimate of drug-likeness (QED) is 0.437. The van der Waals surface area contributed by atoms with E-state index in [-0.39, 0.29) is 52.5 Å². The van der Waals surface area contributed by atoms with Crippen molar-refractivity contribution in [3.05, 3.63) is 0 Å². The van der Waals surface area contributed by atoms with E-state index in [1.54, 1.807) is 0 Å². The lowest BCUT2D eigenvalue weighted by Gasteiger charge is -2.71. The lowest BCUT2D eigenvalue weighted by atomic mass is 9.33. The Kier molecular flexibility index (Phi) is 6.07. The molecule has 6 unspecified atom stereocenters. The van der Waals surface area contributed by atoms with Crippen LogP contribution in [-0.2, 0) is 19.1 Å². The summed E-state index contributed by atoms with van der Waals surface area (Å²) in [5.41, 5.74) is -1.96. The fourth-order valence-corrected chi connectivity index (χ4v) is 9.68. The third-order valence-electron chi connectivity index (χ3n) is 12.2. The van der Waals surface area contributed by atoms with Gasteiger partial charge in [0.2, 0.25) is 0 Å². The Morgan fingerprint density at radius 1 is 0.941 bits per heavy atom. The average Bonchev–Trinajstić information content (AvgIpc) is 2.77. The molecule has 9 atom stereocenters. The number of carboxylic acid groups (broad SMARTS) is 1. The second-order valence-corrected chi connectivity index (χ2v) is 13.1. The summed E-state index contributed by atoms with van der Waals surface area (Å²) in [6.45, 7) is 12.4. The second-order valence-electron chi connectivity index (χ2n) is 13.1. The molecular weight excluding hydrogens is 432 g/mol. The minimum absolute atomic E-state index is 0.0696. The maximum Gasteiger partial charge on any atom is 0.320 e. The van der Waals surface area contributed by atoms with E-state index in [4.69, 9.17) is 4.74 Å². The van der Waals surface area contributed by atoms with Crippen molar-refractivity contribution in [1.82, 2.24) is 0 Å². The van der Waals surface area contributed by atoms with E-state index in [0.29, 0.717) is 24.7 Å². The summed E-state index contributed by atoms with van der Waals surface area (Å²) in [6, 6.07) is 0. The predicted octanol–water partition coefficient (Wildman–Crippen LogP) is 5.01. The zero-order valence-electron chi connectivity index (χ0n) is 21.9. The van der Waals surface area contributed by atoms with Crippen LogP contribution in [0.5, 0.6) is 0 Å². The Hall–Kier alpha value is -1.43. The van der Waals surface area contributed by atoms with Gasteiger partial charge in [0, 0.05) is 12.8 Å². The molecule has 4 aliphatic carbocycles. The minimum atomic E-state index is -1.63. The number of aliphatic hydroxyl groups excluding tert-OH is 1. The van der Waals surface area contributed by atoms with Crippen LogP contribution in [0.4, 0.5) is 0 Å². The Labute approximate surface area is 204 Å². The summed E-state index contributed by atoms with van der Waals surface area (Å²) in [4.78, 5) is 37.8. The molecule has 4 aliphatic rings. The van der Waals surface area contributed by atoms with Crippen molar-refractivity contribution in [2.75, 3.05) is 6.61 Å². The highest BCUT2D eigenvalue weighted by molar-refractivity contribution is 6.05. The lowest BCUT2D eigenvalue weighted by molar-refractivity contribution is -0.237. The maximum atomic E-state index is 13.9. The fourth-order valence-electron chi connectivity index (χ4n) is 9.68. The number of hydrogen-bond donors (Lipinski definition) is 2. The summed E-state index contributed by atoms with van der Waals surface area (Å²) in [5.74, 6) is -1.39. The number of carbonyl (C=O) groups excluding carboxylic acids is 2. The van der Waals surface area contributed by atoms with Gasteiger partial charge < -0.3 is 14.9 Å². The molecule has 0 aromatic rings. The van der Waals surface area contributed by atoms with Gasteiger partial charge in [0.15, 0.2) is 11.2 Å². The Morgan fingerprint density at radius 2 is 1.62 bits per heavy atom. The minimum Gasteiger partial charge on any atom is -0.480 e. The Balaban J connectivity index is 1.70. The smallest absolute Gasteiger partial charge is 0.320 e. The molecule has 4 fully saturated rings. The molecule has 0 aromatic carbocycles. The number of fused-ring (bicyclic) bond motifs is 5. The van der Waals surface area contributed by atoms with E-state index in [2.05, 4.69) is 34.6 Å². The van der Waals surface area contributed by atoms with Crippen LogP contribution in [0.2, 0.25) is 0 Å². The van der Waals surface area contributed by atoms with Crippen LogP contribution >= 0.6 is 0 Å². The number of hydrogen-bond acceptors (Lipinski definition) is 5. The van der Waals surface area contributed by atoms with Crippen LogP contribution in [0.1, 0.15) is 99.3 Å². The molecule has 0 aromatic heterocycles. The van der Waals surface area contributed by atoms with Gasteiger partial charge in [0.1, 0.15) is 6.61 Å². The SMILES string of the molecule is CC[C@@]1(C)C(O)CCC2(C)C3CCC4C(=O)[C@](COC(C)=O)(C(=O)O)CC[C@@]4(C)C3(C)CCC21. The van der Waals surface area contributed by atoms with Crippen molar-refractivity contribution in [3.63, 3.8) is 0 Å². The normalized spacial score (nSPS) is 50.5. The van der Waals surface area contributed by atoms with Crippen LogP contribution in [0.15, 0.2) is 0 Å². The first-order valence-electron chi connectivity index (χ1n) is 13.3. The predicted molar refractivity (Wildman–Crippen MR) is 128 cm³/mol. The first-order valence-corrected chi connectivity index (χ1v) is 13.3. The highest BCUT2D eigenvalue weighted by atomic mass is 16.5. The largest absolute Gasteiger partial charge is 0.480 e. The molecule has 0 radical (unpaired) electrons. The van der Waals surface area contributed by atoms with Gasteiger partial charge in [0.05, 0.1) is 6.10 Å². The van der Waals surface area contributed by atoms with Crippen molar-refractivity contribution >= 4 is 17.7 Å². The number of esters is 1. The highest BCUT2D eigenvalue weighted by Gasteiger charge is 2.71. The van der Waals surface area contributed by atoms with Gasteiger partial charge in [-0.25, -0.2) is 0 Å². The molecule has 0 saturated heterocycles. The molecule has 192 valence electrons. The van der Waals surface area contributed by atoms with Gasteiger partial charge in [-0.05, 0) is 91.3 Å². The Morgan fingerprint density at radius 3 is 2.21 bits per heavy atom. The molecule has 6 heteroatoms. The average molecular weight is 477 g/mol. The van der Waals surface area contributed by atoms with E-state index in [1.807, 2.05) is 0 Å². The molecule has 2 N–H and O–H groups in total. The first-order chi connectivity index (χ1) is 15.7. The molecule has 0 aliphatic heterocycles. The number of aliphatic hydroxyl groups is 1. The van der Waals surface area contributed by atoms with E-state index in [0.717, 1.165) is 38.5 Å². The molecule has 0 bridgehead atoms. The Bertz CT molecular complexity index is 884. The van der Waals surface area contributed by atoms with Crippen LogP contribution in [0.3, 0.4) is 0 Å². The van der Waals surface area contributed by atoms with Crippen molar-refractivity contribution in [2.24, 2.45) is 44.8 Å². The molecule has 4 rings (SSSR count). The van der Waals surface area contributed by atoms with Gasteiger partial charge >= 0.3 is 11.9 Å². The van der Waals surface area contributed by atoms with Crippen molar-refractivity contribution in [2.45, 2.75) is 105 Å². The molecule has 4 saturated carbocycles. The van der Waals surface area contributed by atoms with Crippen molar-refractivity contribution in [3.8, 4) is 0 Å². The maximum absolute atomic E-state index is 13.9. The van der Waals surface area contributed by atoms with Gasteiger partial charge in [-0.15, -0.1) is 0 Å². The third-order valence-corrected chi connectivity index (χ3v) is 12.2.